The summed E-state index contributed by atoms with van der Waals surface area (Å²) >= 11 is 1.59. The van der Waals surface area contributed by atoms with Crippen LogP contribution in [-0.4, -0.2) is 30.0 Å². The molecular weight excluding hydrogens is 242 g/mol. The first-order valence-electron chi connectivity index (χ1n) is 4.93. The van der Waals surface area contributed by atoms with Crippen LogP contribution in [0.25, 0.3) is 0 Å². The fourth-order valence-electron chi connectivity index (χ4n) is 1.06. The van der Waals surface area contributed by atoms with Crippen molar-refractivity contribution in [3.63, 3.8) is 0 Å². The molecule has 0 aliphatic heterocycles. The van der Waals surface area contributed by atoms with Crippen molar-refractivity contribution in [3.8, 4) is 5.75 Å². The van der Waals surface area contributed by atoms with E-state index in [9.17, 15) is 9.59 Å². The van der Waals surface area contributed by atoms with E-state index in [0.717, 1.165) is 4.90 Å². The molecule has 0 aromatic heterocycles. The number of nitrogens with one attached hydrogen (secondary N) is 1. The number of aliphatic carboxylic acids is 1. The lowest BCUT2D eigenvalue weighted by Gasteiger charge is -2.05. The zero-order chi connectivity index (χ0) is 12.7. The third-order valence-electron chi connectivity index (χ3n) is 1.88. The Morgan fingerprint density at radius 3 is 2.53 bits per heavy atom. The van der Waals surface area contributed by atoms with Crippen molar-refractivity contribution >= 4 is 23.8 Å². The van der Waals surface area contributed by atoms with Crippen molar-refractivity contribution in [3.05, 3.63) is 24.3 Å². The minimum absolute atomic E-state index is 0.0526. The Labute approximate surface area is 103 Å². The highest BCUT2D eigenvalue weighted by molar-refractivity contribution is 7.98. The fourth-order valence-corrected chi connectivity index (χ4v) is 1.47. The Kier molecular flexibility index (Phi) is 5.35. The van der Waals surface area contributed by atoms with Crippen molar-refractivity contribution in [2.75, 3.05) is 12.8 Å². The van der Waals surface area contributed by atoms with Crippen molar-refractivity contribution in [2.45, 2.75) is 11.3 Å². The maximum absolute atomic E-state index is 11.2. The first-order chi connectivity index (χ1) is 8.11. The summed E-state index contributed by atoms with van der Waals surface area (Å²) in [4.78, 5) is 22.5. The minimum atomic E-state index is -0.963. The molecule has 0 fully saturated rings. The number of carbonyl (C=O) groups is 2. The molecule has 5 nitrogen and oxygen atoms in total. The van der Waals surface area contributed by atoms with E-state index in [1.54, 1.807) is 23.9 Å². The predicted octanol–water partition coefficient (Wildman–Crippen LogP) is 1.97. The quantitative estimate of drug-likeness (QED) is 0.787. The number of carboxylic acid groups (broad SMARTS) is 1. The summed E-state index contributed by atoms with van der Waals surface area (Å²) in [5.74, 6) is -0.537. The molecule has 2 N–H and O–H groups in total. The smallest absolute Gasteiger partial charge is 0.412 e. The molecule has 1 aromatic rings. The Morgan fingerprint density at radius 2 is 2.00 bits per heavy atom. The van der Waals surface area contributed by atoms with E-state index in [1.807, 2.05) is 18.4 Å². The van der Waals surface area contributed by atoms with Gasteiger partial charge in [-0.25, -0.2) is 4.79 Å². The Hall–Kier alpha value is -1.69. The second-order valence-corrected chi connectivity index (χ2v) is 4.02. The number of ether oxygens (including phenoxy) is 1. The average Bonchev–Trinajstić information content (AvgIpc) is 2.29. The second-order valence-electron chi connectivity index (χ2n) is 3.14. The molecule has 0 atom stereocenters. The first-order valence-corrected chi connectivity index (χ1v) is 6.16. The molecule has 1 amide bonds. The Morgan fingerprint density at radius 1 is 1.35 bits per heavy atom. The third-order valence-corrected chi connectivity index (χ3v) is 2.62. The van der Waals surface area contributed by atoms with E-state index in [-0.39, 0.29) is 13.0 Å². The summed E-state index contributed by atoms with van der Waals surface area (Å²) in [6, 6.07) is 7.04. The van der Waals surface area contributed by atoms with Crippen LogP contribution in [0.3, 0.4) is 0 Å². The highest BCUT2D eigenvalue weighted by Gasteiger charge is 2.04. The normalized spacial score (nSPS) is 9.71. The molecule has 0 aliphatic carbocycles. The standard InChI is InChI=1S/C11H13NO4S/c1-17-9-4-2-8(3-5-9)16-11(15)12-7-6-10(13)14/h2-5H,6-7H2,1H3,(H,12,15)(H,13,14). The van der Waals surface area contributed by atoms with Gasteiger partial charge in [0, 0.05) is 11.4 Å². The first kappa shape index (κ1) is 13.4. The molecule has 1 rings (SSSR count). The van der Waals surface area contributed by atoms with Crippen molar-refractivity contribution in [1.82, 2.24) is 5.32 Å². The zero-order valence-electron chi connectivity index (χ0n) is 9.30. The maximum atomic E-state index is 11.2. The largest absolute Gasteiger partial charge is 0.481 e. The Bertz CT molecular complexity index is 391. The molecule has 92 valence electrons. The van der Waals surface area contributed by atoms with Crippen LogP contribution in [0.1, 0.15) is 6.42 Å². The number of carbonyl (C=O) groups excluding carboxylic acids is 1. The van der Waals surface area contributed by atoms with E-state index in [1.165, 1.54) is 0 Å². The van der Waals surface area contributed by atoms with E-state index < -0.39 is 12.1 Å². The van der Waals surface area contributed by atoms with Crippen LogP contribution in [0.5, 0.6) is 5.75 Å². The number of hydrogen-bond acceptors (Lipinski definition) is 4. The van der Waals surface area contributed by atoms with Gasteiger partial charge in [-0.3, -0.25) is 4.79 Å². The highest BCUT2D eigenvalue weighted by Crippen LogP contribution is 2.18. The summed E-state index contributed by atoms with van der Waals surface area (Å²) in [5, 5.41) is 10.7. The summed E-state index contributed by atoms with van der Waals surface area (Å²) < 4.78 is 4.94. The number of carboxylic acids is 1. The van der Waals surface area contributed by atoms with Crippen LogP contribution in [0.2, 0.25) is 0 Å². The SMILES string of the molecule is CSc1ccc(OC(=O)NCCC(=O)O)cc1. The molecule has 0 aliphatic rings. The van der Waals surface area contributed by atoms with Crippen LogP contribution < -0.4 is 10.1 Å². The molecule has 0 unspecified atom stereocenters. The van der Waals surface area contributed by atoms with Crippen LogP contribution in [0.15, 0.2) is 29.2 Å². The summed E-state index contributed by atoms with van der Waals surface area (Å²) in [5.41, 5.74) is 0. The van der Waals surface area contributed by atoms with E-state index in [4.69, 9.17) is 9.84 Å². The number of amides is 1. The molecule has 0 saturated carbocycles. The zero-order valence-corrected chi connectivity index (χ0v) is 10.1. The highest BCUT2D eigenvalue weighted by atomic mass is 32.2. The molecule has 0 heterocycles. The van der Waals surface area contributed by atoms with Gasteiger partial charge in [-0.1, -0.05) is 0 Å². The molecule has 0 bridgehead atoms. The predicted molar refractivity (Wildman–Crippen MR) is 64.5 cm³/mol. The lowest BCUT2D eigenvalue weighted by Crippen LogP contribution is -2.28. The van der Waals surface area contributed by atoms with Gasteiger partial charge >= 0.3 is 12.1 Å². The fraction of sp³-hybridized carbons (Fsp3) is 0.273. The van der Waals surface area contributed by atoms with Crippen molar-refractivity contribution < 1.29 is 19.4 Å². The minimum Gasteiger partial charge on any atom is -0.481 e. The molecule has 0 spiro atoms. The second kappa shape index (κ2) is 6.80. The van der Waals surface area contributed by atoms with E-state index in [0.29, 0.717) is 5.75 Å². The maximum Gasteiger partial charge on any atom is 0.412 e. The molecule has 6 heteroatoms. The monoisotopic (exact) mass is 255 g/mol. The summed E-state index contributed by atoms with van der Waals surface area (Å²) in [6.45, 7) is 0.0526. The Balaban J connectivity index is 2.37. The van der Waals surface area contributed by atoms with Gasteiger partial charge in [0.2, 0.25) is 0 Å². The van der Waals surface area contributed by atoms with E-state index in [2.05, 4.69) is 5.32 Å². The van der Waals surface area contributed by atoms with Crippen LogP contribution >= 0.6 is 11.8 Å². The van der Waals surface area contributed by atoms with E-state index >= 15 is 0 Å². The van der Waals surface area contributed by atoms with Crippen molar-refractivity contribution in [2.24, 2.45) is 0 Å². The number of rotatable bonds is 5. The number of hydrogen-bond donors (Lipinski definition) is 2. The summed E-state index contributed by atoms with van der Waals surface area (Å²) in [6.07, 6.45) is 1.18. The molecule has 1 aromatic carbocycles. The molecular formula is C11H13NO4S. The van der Waals surface area contributed by atoms with Gasteiger partial charge in [0.15, 0.2) is 0 Å². The number of benzene rings is 1. The summed E-state index contributed by atoms with van der Waals surface area (Å²) in [7, 11) is 0. The van der Waals surface area contributed by atoms with Crippen LogP contribution in [0.4, 0.5) is 4.79 Å². The van der Waals surface area contributed by atoms with Gasteiger partial charge in [-0.15, -0.1) is 11.8 Å². The lowest BCUT2D eigenvalue weighted by molar-refractivity contribution is -0.136. The molecule has 0 saturated heterocycles. The van der Waals surface area contributed by atoms with Gasteiger partial charge in [-0.2, -0.15) is 0 Å². The van der Waals surface area contributed by atoms with Crippen LogP contribution in [-0.2, 0) is 4.79 Å². The topological polar surface area (TPSA) is 75.6 Å². The lowest BCUT2D eigenvalue weighted by atomic mass is 10.3. The van der Waals surface area contributed by atoms with Gasteiger partial charge < -0.3 is 15.2 Å². The number of thioether (sulfide) groups is 1. The molecule has 17 heavy (non-hydrogen) atoms. The van der Waals surface area contributed by atoms with Gasteiger partial charge in [0.25, 0.3) is 0 Å². The van der Waals surface area contributed by atoms with Gasteiger partial charge in [-0.05, 0) is 30.5 Å². The third kappa shape index (κ3) is 5.26. The van der Waals surface area contributed by atoms with Gasteiger partial charge in [0.1, 0.15) is 5.75 Å². The van der Waals surface area contributed by atoms with Crippen molar-refractivity contribution in [1.29, 1.82) is 0 Å². The molecule has 0 radical (unpaired) electrons. The average molecular weight is 255 g/mol. The van der Waals surface area contributed by atoms with Gasteiger partial charge in [0.05, 0.1) is 6.42 Å². The van der Waals surface area contributed by atoms with Crippen LogP contribution in [0, 0.1) is 0 Å².